The van der Waals surface area contributed by atoms with Crippen molar-refractivity contribution in [2.45, 2.75) is 12.8 Å². The molecule has 0 unspecified atom stereocenters. The molecule has 3 N–H and O–H groups in total. The zero-order valence-corrected chi connectivity index (χ0v) is 9.60. The molecule has 17 heavy (non-hydrogen) atoms. The second-order valence-corrected chi connectivity index (χ2v) is 3.76. The molecule has 0 spiro atoms. The number of primary amides is 1. The van der Waals surface area contributed by atoms with E-state index in [4.69, 9.17) is 10.8 Å². The molecule has 5 heteroatoms. The Morgan fingerprint density at radius 3 is 2.47 bits per heavy atom. The van der Waals surface area contributed by atoms with Crippen molar-refractivity contribution in [1.29, 1.82) is 0 Å². The van der Waals surface area contributed by atoms with Gasteiger partial charge < -0.3 is 15.7 Å². The van der Waals surface area contributed by atoms with Crippen LogP contribution in [0.25, 0.3) is 0 Å². The monoisotopic (exact) mass is 240 g/mol. The summed E-state index contributed by atoms with van der Waals surface area (Å²) in [6.07, 6.45) is 0.832. The summed E-state index contributed by atoms with van der Waals surface area (Å²) in [6, 6.07) is 6.03. The Morgan fingerprint density at radius 1 is 1.29 bits per heavy atom. The number of aliphatic hydroxyl groups excluding tert-OH is 1. The average Bonchev–Trinajstić information content (AvgIpc) is 2.30. The lowest BCUT2D eigenvalue weighted by atomic mass is 10.2. The third-order valence-corrected chi connectivity index (χ3v) is 2.41. The Morgan fingerprint density at radius 2 is 1.94 bits per heavy atom. The Bertz CT molecular complexity index is 354. The summed E-state index contributed by atoms with van der Waals surface area (Å²) >= 11 is 0. The Labute approximate surface area is 99.8 Å². The van der Waals surface area contributed by atoms with Gasteiger partial charge in [0.05, 0.1) is 0 Å². The molecule has 1 amide bonds. The summed E-state index contributed by atoms with van der Waals surface area (Å²) < 4.78 is 12.8. The Balaban J connectivity index is 2.67. The van der Waals surface area contributed by atoms with Crippen molar-refractivity contribution in [3.8, 4) is 0 Å². The van der Waals surface area contributed by atoms with Crippen LogP contribution in [0, 0.1) is 5.82 Å². The highest BCUT2D eigenvalue weighted by Crippen LogP contribution is 2.15. The van der Waals surface area contributed by atoms with E-state index in [-0.39, 0.29) is 24.8 Å². The van der Waals surface area contributed by atoms with Crippen LogP contribution in [-0.4, -0.2) is 30.7 Å². The molecule has 0 aromatic heterocycles. The molecule has 0 heterocycles. The first-order valence-electron chi connectivity index (χ1n) is 5.53. The SMILES string of the molecule is NC(=O)CCN(CCCO)c1ccc(F)cc1. The van der Waals surface area contributed by atoms with Crippen LogP contribution in [0.15, 0.2) is 24.3 Å². The number of carbonyl (C=O) groups is 1. The van der Waals surface area contributed by atoms with Crippen LogP contribution >= 0.6 is 0 Å². The molecule has 1 aromatic carbocycles. The number of anilines is 1. The highest BCUT2D eigenvalue weighted by molar-refractivity contribution is 5.74. The zero-order valence-electron chi connectivity index (χ0n) is 9.60. The average molecular weight is 240 g/mol. The summed E-state index contributed by atoms with van der Waals surface area (Å²) in [5.74, 6) is -0.674. The molecular weight excluding hydrogens is 223 g/mol. The number of nitrogens with two attached hydrogens (primary N) is 1. The van der Waals surface area contributed by atoms with Gasteiger partial charge in [0.25, 0.3) is 0 Å². The molecule has 4 nitrogen and oxygen atoms in total. The molecule has 0 radical (unpaired) electrons. The molecule has 0 bridgehead atoms. The fraction of sp³-hybridized carbons (Fsp3) is 0.417. The predicted molar refractivity (Wildman–Crippen MR) is 64.1 cm³/mol. The fourth-order valence-electron chi connectivity index (χ4n) is 1.53. The lowest BCUT2D eigenvalue weighted by molar-refractivity contribution is -0.117. The zero-order chi connectivity index (χ0) is 12.7. The van der Waals surface area contributed by atoms with Crippen molar-refractivity contribution in [1.82, 2.24) is 0 Å². The van der Waals surface area contributed by atoms with E-state index in [2.05, 4.69) is 0 Å². The van der Waals surface area contributed by atoms with Crippen molar-refractivity contribution in [2.75, 3.05) is 24.6 Å². The third kappa shape index (κ3) is 4.82. The number of hydrogen-bond donors (Lipinski definition) is 2. The molecule has 1 rings (SSSR count). The van der Waals surface area contributed by atoms with Gasteiger partial charge in [-0.25, -0.2) is 4.39 Å². The smallest absolute Gasteiger partial charge is 0.219 e. The highest BCUT2D eigenvalue weighted by atomic mass is 19.1. The first-order valence-corrected chi connectivity index (χ1v) is 5.53. The number of hydrogen-bond acceptors (Lipinski definition) is 3. The van der Waals surface area contributed by atoms with Gasteiger partial charge in [-0.05, 0) is 30.7 Å². The van der Waals surface area contributed by atoms with E-state index >= 15 is 0 Å². The van der Waals surface area contributed by atoms with Crippen LogP contribution in [0.5, 0.6) is 0 Å². The standard InChI is InChI=1S/C12H17FN2O2/c13-10-2-4-11(5-3-10)15(7-1-9-16)8-6-12(14)17/h2-5,16H,1,6-9H2,(H2,14,17). The molecule has 0 fully saturated rings. The van der Waals surface area contributed by atoms with Gasteiger partial charge in [0, 0.05) is 31.8 Å². The minimum Gasteiger partial charge on any atom is -0.396 e. The number of benzene rings is 1. The second-order valence-electron chi connectivity index (χ2n) is 3.76. The van der Waals surface area contributed by atoms with Gasteiger partial charge in [-0.15, -0.1) is 0 Å². The van der Waals surface area contributed by atoms with Gasteiger partial charge >= 0.3 is 0 Å². The van der Waals surface area contributed by atoms with Gasteiger partial charge in [-0.1, -0.05) is 0 Å². The van der Waals surface area contributed by atoms with E-state index in [0.717, 1.165) is 5.69 Å². The van der Waals surface area contributed by atoms with Crippen molar-refractivity contribution >= 4 is 11.6 Å². The number of aliphatic hydroxyl groups is 1. The van der Waals surface area contributed by atoms with E-state index in [0.29, 0.717) is 19.5 Å². The molecule has 0 saturated carbocycles. The summed E-state index contributed by atoms with van der Waals surface area (Å²) in [5.41, 5.74) is 5.92. The number of amides is 1. The number of nitrogens with zero attached hydrogens (tertiary/aromatic N) is 1. The van der Waals surface area contributed by atoms with E-state index in [9.17, 15) is 9.18 Å². The lowest BCUT2D eigenvalue weighted by Crippen LogP contribution is -2.29. The molecule has 1 aromatic rings. The Kier molecular flexibility index (Phi) is 5.42. The molecule has 0 aliphatic carbocycles. The largest absolute Gasteiger partial charge is 0.396 e. The van der Waals surface area contributed by atoms with Gasteiger partial charge in [0.2, 0.25) is 5.91 Å². The van der Waals surface area contributed by atoms with Crippen LogP contribution in [0.2, 0.25) is 0 Å². The van der Waals surface area contributed by atoms with Gasteiger partial charge in [0.15, 0.2) is 0 Å². The molecular formula is C12H17FN2O2. The summed E-state index contributed by atoms with van der Waals surface area (Å²) in [4.78, 5) is 12.7. The van der Waals surface area contributed by atoms with Gasteiger partial charge in [-0.3, -0.25) is 4.79 Å². The fourth-order valence-corrected chi connectivity index (χ4v) is 1.53. The number of carbonyl (C=O) groups excluding carboxylic acids is 1. The third-order valence-electron chi connectivity index (χ3n) is 2.41. The second kappa shape index (κ2) is 6.85. The molecule has 0 saturated heterocycles. The molecule has 0 aliphatic rings. The first kappa shape index (κ1) is 13.4. The number of rotatable bonds is 7. The maximum absolute atomic E-state index is 12.8. The van der Waals surface area contributed by atoms with Crippen molar-refractivity contribution in [3.05, 3.63) is 30.1 Å². The minimum absolute atomic E-state index is 0.0776. The maximum atomic E-state index is 12.8. The lowest BCUT2D eigenvalue weighted by Gasteiger charge is -2.24. The van der Waals surface area contributed by atoms with E-state index in [1.54, 1.807) is 12.1 Å². The van der Waals surface area contributed by atoms with Crippen LogP contribution in [-0.2, 0) is 4.79 Å². The maximum Gasteiger partial charge on any atom is 0.219 e. The highest BCUT2D eigenvalue weighted by Gasteiger charge is 2.07. The van der Waals surface area contributed by atoms with Crippen LogP contribution in [0.1, 0.15) is 12.8 Å². The number of halogens is 1. The first-order chi connectivity index (χ1) is 8.13. The van der Waals surface area contributed by atoms with E-state index in [1.807, 2.05) is 4.90 Å². The van der Waals surface area contributed by atoms with Crippen LogP contribution in [0.4, 0.5) is 10.1 Å². The van der Waals surface area contributed by atoms with Gasteiger partial charge in [-0.2, -0.15) is 0 Å². The molecule has 94 valence electrons. The summed E-state index contributed by atoms with van der Waals surface area (Å²) in [6.45, 7) is 1.16. The Hall–Kier alpha value is -1.62. The van der Waals surface area contributed by atoms with Crippen LogP contribution < -0.4 is 10.6 Å². The minimum atomic E-state index is -0.374. The van der Waals surface area contributed by atoms with Crippen LogP contribution in [0.3, 0.4) is 0 Å². The van der Waals surface area contributed by atoms with E-state index in [1.165, 1.54) is 12.1 Å². The van der Waals surface area contributed by atoms with Crippen molar-refractivity contribution < 1.29 is 14.3 Å². The predicted octanol–water partition coefficient (Wildman–Crippen LogP) is 0.890. The summed E-state index contributed by atoms with van der Waals surface area (Å²) in [5, 5.41) is 8.81. The quantitative estimate of drug-likeness (QED) is 0.743. The molecule has 0 aliphatic heterocycles. The normalized spacial score (nSPS) is 10.2. The van der Waals surface area contributed by atoms with Crippen molar-refractivity contribution in [3.63, 3.8) is 0 Å². The topological polar surface area (TPSA) is 66.6 Å². The van der Waals surface area contributed by atoms with Crippen molar-refractivity contribution in [2.24, 2.45) is 5.73 Å². The molecule has 0 atom stereocenters. The summed E-state index contributed by atoms with van der Waals surface area (Å²) in [7, 11) is 0. The van der Waals surface area contributed by atoms with Gasteiger partial charge in [0.1, 0.15) is 5.82 Å². The van der Waals surface area contributed by atoms with E-state index < -0.39 is 0 Å².